The molecule has 0 unspecified atom stereocenters. The van der Waals surface area contributed by atoms with Crippen molar-refractivity contribution in [3.05, 3.63) is 36.2 Å². The highest BCUT2D eigenvalue weighted by Crippen LogP contribution is 2.42. The lowest BCUT2D eigenvalue weighted by molar-refractivity contribution is 0.0985. The number of nitrogens with zero attached hydrogens (tertiary/aromatic N) is 6. The average Bonchev–Trinajstić information content (AvgIpc) is 3.38. The first-order chi connectivity index (χ1) is 16.0. The summed E-state index contributed by atoms with van der Waals surface area (Å²) in [6.07, 6.45) is 5.15. The number of aromatic nitrogens is 4. The van der Waals surface area contributed by atoms with Gasteiger partial charge < -0.3 is 14.5 Å². The number of ether oxygens (including phenoxy) is 1. The molecular formula is C25H31N7O. The van der Waals surface area contributed by atoms with Crippen LogP contribution in [0.2, 0.25) is 0 Å². The summed E-state index contributed by atoms with van der Waals surface area (Å²) in [4.78, 5) is 14.5. The number of H-pyrrole nitrogens is 1. The van der Waals surface area contributed by atoms with Gasteiger partial charge in [0.25, 0.3) is 0 Å². The fourth-order valence-corrected chi connectivity index (χ4v) is 5.20. The lowest BCUT2D eigenvalue weighted by Crippen LogP contribution is -2.46. The maximum atomic E-state index is 10.5. The first kappa shape index (κ1) is 21.8. The minimum atomic E-state index is -0.552. The Labute approximate surface area is 194 Å². The lowest BCUT2D eigenvalue weighted by atomic mass is 9.72. The number of nitrogens with one attached hydrogen (secondary N) is 1. The first-order valence-corrected chi connectivity index (χ1v) is 11.8. The highest BCUT2D eigenvalue weighted by Gasteiger charge is 2.39. The molecule has 1 atom stereocenters. The standard InChI is InChI=1S/C25H31N7O/c1-17(2)31-10-6-25(16-26,7-11-31)20-14-22(32-12-13-33-15-18(32)3)29-23-19(20)4-8-27-24(23)21-5-9-28-30-21/h4-5,8-9,14,17-18H,6-7,10-13,15H2,1-3H3,(H,28,30)/t18-/m1/s1. The molecule has 0 aromatic carbocycles. The van der Waals surface area contributed by atoms with Crippen molar-refractivity contribution in [2.45, 2.75) is 51.1 Å². The summed E-state index contributed by atoms with van der Waals surface area (Å²) < 4.78 is 5.67. The zero-order valence-electron chi connectivity index (χ0n) is 19.6. The number of likely N-dealkylation sites (tertiary alicyclic amines) is 1. The van der Waals surface area contributed by atoms with Gasteiger partial charge in [0.15, 0.2) is 0 Å². The Hall–Kier alpha value is -3.02. The summed E-state index contributed by atoms with van der Waals surface area (Å²) in [6.45, 7) is 10.6. The number of hydrogen-bond donors (Lipinski definition) is 1. The third-order valence-electron chi connectivity index (χ3n) is 7.24. The molecule has 0 saturated carbocycles. The molecule has 5 rings (SSSR count). The van der Waals surface area contributed by atoms with Crippen LogP contribution in [0.25, 0.3) is 22.3 Å². The van der Waals surface area contributed by atoms with Gasteiger partial charge in [0.2, 0.25) is 0 Å². The number of aromatic amines is 1. The SMILES string of the molecule is CC(C)N1CCC(C#N)(c2cc(N3CCOC[C@H]3C)nc3c(-c4ccn[nH]4)nccc23)CC1. The molecule has 2 fully saturated rings. The summed E-state index contributed by atoms with van der Waals surface area (Å²) in [6, 6.07) is 9.52. The van der Waals surface area contributed by atoms with Crippen LogP contribution in [0.3, 0.4) is 0 Å². The number of pyridine rings is 2. The summed E-state index contributed by atoms with van der Waals surface area (Å²) >= 11 is 0. The maximum Gasteiger partial charge on any atom is 0.130 e. The summed E-state index contributed by atoms with van der Waals surface area (Å²) in [5, 5.41) is 18.7. The number of nitriles is 1. The van der Waals surface area contributed by atoms with E-state index in [2.05, 4.69) is 57.9 Å². The fourth-order valence-electron chi connectivity index (χ4n) is 5.20. The van der Waals surface area contributed by atoms with E-state index >= 15 is 0 Å². The fraction of sp³-hybridized carbons (Fsp3) is 0.520. The number of rotatable bonds is 4. The Balaban J connectivity index is 1.70. The molecule has 0 aliphatic carbocycles. The van der Waals surface area contributed by atoms with Crippen molar-refractivity contribution < 1.29 is 4.74 Å². The van der Waals surface area contributed by atoms with Gasteiger partial charge in [-0.3, -0.25) is 10.1 Å². The van der Waals surface area contributed by atoms with E-state index in [1.807, 2.05) is 18.3 Å². The smallest absolute Gasteiger partial charge is 0.130 e. The van der Waals surface area contributed by atoms with Gasteiger partial charge in [0.1, 0.15) is 17.0 Å². The normalized spacial score (nSPS) is 21.4. The van der Waals surface area contributed by atoms with Crippen LogP contribution in [0, 0.1) is 11.3 Å². The van der Waals surface area contributed by atoms with Crippen LogP contribution >= 0.6 is 0 Å². The molecule has 3 aromatic rings. The molecule has 3 aromatic heterocycles. The van der Waals surface area contributed by atoms with E-state index < -0.39 is 5.41 Å². The molecule has 5 heterocycles. The predicted octanol–water partition coefficient (Wildman–Crippen LogP) is 3.51. The number of anilines is 1. The zero-order valence-corrected chi connectivity index (χ0v) is 19.6. The van der Waals surface area contributed by atoms with Gasteiger partial charge in [0.05, 0.1) is 36.4 Å². The van der Waals surface area contributed by atoms with Gasteiger partial charge >= 0.3 is 0 Å². The molecule has 0 bridgehead atoms. The Kier molecular flexibility index (Phi) is 5.77. The van der Waals surface area contributed by atoms with E-state index in [4.69, 9.17) is 9.72 Å². The van der Waals surface area contributed by atoms with E-state index in [1.165, 1.54) is 0 Å². The van der Waals surface area contributed by atoms with Crippen molar-refractivity contribution in [2.75, 3.05) is 37.7 Å². The van der Waals surface area contributed by atoms with Gasteiger partial charge in [-0.1, -0.05) is 0 Å². The van der Waals surface area contributed by atoms with Crippen molar-refractivity contribution in [1.82, 2.24) is 25.1 Å². The van der Waals surface area contributed by atoms with E-state index in [0.717, 1.165) is 66.1 Å². The summed E-state index contributed by atoms with van der Waals surface area (Å²) in [5.41, 5.74) is 2.92. The van der Waals surface area contributed by atoms with Crippen molar-refractivity contribution in [3.8, 4) is 17.5 Å². The maximum absolute atomic E-state index is 10.5. The van der Waals surface area contributed by atoms with Crippen LogP contribution in [-0.4, -0.2) is 70.0 Å². The number of fused-ring (bicyclic) bond motifs is 1. The second-order valence-corrected chi connectivity index (χ2v) is 9.50. The molecule has 0 spiro atoms. The summed E-state index contributed by atoms with van der Waals surface area (Å²) in [7, 11) is 0. The van der Waals surface area contributed by atoms with Gasteiger partial charge in [-0.2, -0.15) is 10.4 Å². The highest BCUT2D eigenvalue weighted by molar-refractivity contribution is 5.94. The van der Waals surface area contributed by atoms with Gasteiger partial charge in [0, 0.05) is 43.5 Å². The largest absolute Gasteiger partial charge is 0.377 e. The van der Waals surface area contributed by atoms with Gasteiger partial charge in [-0.05, 0) is 57.4 Å². The molecule has 2 aliphatic heterocycles. The van der Waals surface area contributed by atoms with Crippen LogP contribution < -0.4 is 4.90 Å². The highest BCUT2D eigenvalue weighted by atomic mass is 16.5. The minimum Gasteiger partial charge on any atom is -0.377 e. The van der Waals surface area contributed by atoms with Crippen molar-refractivity contribution in [3.63, 3.8) is 0 Å². The Morgan fingerprint density at radius 1 is 1.21 bits per heavy atom. The molecule has 2 saturated heterocycles. The van der Waals surface area contributed by atoms with Crippen molar-refractivity contribution >= 4 is 16.7 Å². The second kappa shape index (κ2) is 8.73. The van der Waals surface area contributed by atoms with E-state index in [-0.39, 0.29) is 6.04 Å². The number of piperidine rings is 1. The van der Waals surface area contributed by atoms with Gasteiger partial charge in [-0.25, -0.2) is 4.98 Å². The second-order valence-electron chi connectivity index (χ2n) is 9.50. The topological polar surface area (TPSA) is 94.0 Å². The third kappa shape index (κ3) is 3.85. The predicted molar refractivity (Wildman–Crippen MR) is 128 cm³/mol. The van der Waals surface area contributed by atoms with Crippen molar-refractivity contribution in [1.29, 1.82) is 5.26 Å². The van der Waals surface area contributed by atoms with Crippen LogP contribution in [0.15, 0.2) is 30.6 Å². The molecule has 172 valence electrons. The monoisotopic (exact) mass is 445 g/mol. The zero-order chi connectivity index (χ0) is 23.0. The van der Waals surface area contributed by atoms with Gasteiger partial charge in [-0.15, -0.1) is 0 Å². The molecule has 2 aliphatic rings. The van der Waals surface area contributed by atoms with E-state index in [9.17, 15) is 5.26 Å². The first-order valence-electron chi connectivity index (χ1n) is 11.8. The van der Waals surface area contributed by atoms with Crippen LogP contribution in [0.4, 0.5) is 5.82 Å². The number of hydrogen-bond acceptors (Lipinski definition) is 7. The summed E-state index contributed by atoms with van der Waals surface area (Å²) in [5.74, 6) is 0.892. The van der Waals surface area contributed by atoms with Crippen LogP contribution in [-0.2, 0) is 10.2 Å². The minimum absolute atomic E-state index is 0.213. The Morgan fingerprint density at radius 3 is 2.70 bits per heavy atom. The average molecular weight is 446 g/mol. The van der Waals surface area contributed by atoms with Crippen LogP contribution in [0.1, 0.15) is 39.2 Å². The molecule has 1 N–H and O–H groups in total. The molecule has 0 radical (unpaired) electrons. The molecule has 8 nitrogen and oxygen atoms in total. The van der Waals surface area contributed by atoms with E-state index in [1.54, 1.807) is 6.20 Å². The molecule has 33 heavy (non-hydrogen) atoms. The Morgan fingerprint density at radius 2 is 2.03 bits per heavy atom. The van der Waals surface area contributed by atoms with E-state index in [0.29, 0.717) is 19.3 Å². The van der Waals surface area contributed by atoms with Crippen molar-refractivity contribution in [2.24, 2.45) is 0 Å². The molecular weight excluding hydrogens is 414 g/mol. The third-order valence-corrected chi connectivity index (χ3v) is 7.24. The lowest BCUT2D eigenvalue weighted by Gasteiger charge is -2.40. The molecule has 8 heteroatoms. The molecule has 0 amide bonds. The number of morpholine rings is 1. The van der Waals surface area contributed by atoms with Crippen LogP contribution in [0.5, 0.6) is 0 Å². The Bertz CT molecular complexity index is 1160. The quantitative estimate of drug-likeness (QED) is 0.657.